The average molecular weight is 211 g/mol. The summed E-state index contributed by atoms with van der Waals surface area (Å²) in [4.78, 5) is 2.54. The Labute approximate surface area is 91.7 Å². The van der Waals surface area contributed by atoms with Crippen molar-refractivity contribution in [2.45, 2.75) is 31.4 Å². The first kappa shape index (κ1) is 10.1. The summed E-state index contributed by atoms with van der Waals surface area (Å²) in [7, 11) is 1.90. The summed E-state index contributed by atoms with van der Waals surface area (Å²) >= 11 is 0. The van der Waals surface area contributed by atoms with Crippen molar-refractivity contribution in [3.05, 3.63) is 0 Å². The van der Waals surface area contributed by atoms with E-state index in [1.54, 1.807) is 0 Å². The first-order valence-corrected chi connectivity index (χ1v) is 6.27. The van der Waals surface area contributed by atoms with Gasteiger partial charge in [-0.3, -0.25) is 4.90 Å². The summed E-state index contributed by atoms with van der Waals surface area (Å²) in [5.74, 6) is 1.63. The predicted octanol–water partition coefficient (Wildman–Crippen LogP) is 1.48. The number of hydrogen-bond donors (Lipinski definition) is 0. The number of morpholine rings is 1. The van der Waals surface area contributed by atoms with Crippen LogP contribution in [0.1, 0.15) is 25.7 Å². The summed E-state index contributed by atoms with van der Waals surface area (Å²) in [6.45, 7) is 3.87. The Morgan fingerprint density at radius 2 is 1.73 bits per heavy atom. The first-order valence-electron chi connectivity index (χ1n) is 6.27. The molecule has 1 aliphatic heterocycles. The maximum Gasteiger partial charge on any atom is 0.127 e. The van der Waals surface area contributed by atoms with E-state index < -0.39 is 0 Å². The van der Waals surface area contributed by atoms with Gasteiger partial charge in [-0.25, -0.2) is 0 Å². The Morgan fingerprint density at radius 3 is 2.27 bits per heavy atom. The molecule has 0 bridgehead atoms. The van der Waals surface area contributed by atoms with Crippen LogP contribution >= 0.6 is 0 Å². The SMILES string of the molecule is COC1(N2CCOCC2)[C@@H]2CCCC[C@@H]21. The number of hydrogen-bond acceptors (Lipinski definition) is 3. The second-order valence-electron chi connectivity index (χ2n) is 5.05. The minimum atomic E-state index is 0.111. The normalized spacial score (nSPS) is 46.2. The van der Waals surface area contributed by atoms with Crippen LogP contribution in [0.3, 0.4) is 0 Å². The van der Waals surface area contributed by atoms with Gasteiger partial charge in [0.2, 0.25) is 0 Å². The lowest BCUT2D eigenvalue weighted by molar-refractivity contribution is -0.114. The highest BCUT2D eigenvalue weighted by molar-refractivity contribution is 5.14. The fourth-order valence-electron chi connectivity index (χ4n) is 3.85. The second-order valence-corrected chi connectivity index (χ2v) is 5.05. The van der Waals surface area contributed by atoms with Crippen LogP contribution < -0.4 is 0 Å². The van der Waals surface area contributed by atoms with Gasteiger partial charge in [0.25, 0.3) is 0 Å². The molecule has 1 unspecified atom stereocenters. The molecule has 2 saturated carbocycles. The smallest absolute Gasteiger partial charge is 0.127 e. The third-order valence-corrected chi connectivity index (χ3v) is 4.55. The highest BCUT2D eigenvalue weighted by atomic mass is 16.5. The standard InChI is InChI=1S/C12H21NO2/c1-14-12(13-6-8-15-9-7-13)10-4-2-3-5-11(10)12/h10-11H,2-9H2,1H3/t10-,11+,12?. The van der Waals surface area contributed by atoms with Crippen molar-refractivity contribution in [2.75, 3.05) is 33.4 Å². The van der Waals surface area contributed by atoms with Crippen LogP contribution in [-0.4, -0.2) is 44.0 Å². The van der Waals surface area contributed by atoms with Crippen molar-refractivity contribution in [3.63, 3.8) is 0 Å². The number of nitrogens with zero attached hydrogens (tertiary/aromatic N) is 1. The molecular weight excluding hydrogens is 190 g/mol. The zero-order valence-electron chi connectivity index (χ0n) is 9.58. The van der Waals surface area contributed by atoms with Crippen molar-refractivity contribution >= 4 is 0 Å². The van der Waals surface area contributed by atoms with Crippen molar-refractivity contribution in [1.82, 2.24) is 4.90 Å². The summed E-state index contributed by atoms with van der Waals surface area (Å²) in [6, 6.07) is 0. The molecule has 2 aliphatic carbocycles. The Morgan fingerprint density at radius 1 is 1.13 bits per heavy atom. The Bertz CT molecular complexity index is 226. The molecule has 0 aromatic rings. The summed E-state index contributed by atoms with van der Waals surface area (Å²) in [5, 5.41) is 0. The van der Waals surface area contributed by atoms with E-state index in [0.717, 1.165) is 38.1 Å². The zero-order chi connectivity index (χ0) is 10.3. The molecule has 3 heteroatoms. The van der Waals surface area contributed by atoms with Crippen LogP contribution in [0.5, 0.6) is 0 Å². The van der Waals surface area contributed by atoms with E-state index in [2.05, 4.69) is 4.90 Å². The van der Waals surface area contributed by atoms with Crippen LogP contribution in [0.25, 0.3) is 0 Å². The molecule has 0 aromatic heterocycles. The van der Waals surface area contributed by atoms with Gasteiger partial charge in [0, 0.05) is 32.0 Å². The van der Waals surface area contributed by atoms with Gasteiger partial charge in [0.1, 0.15) is 5.72 Å². The second kappa shape index (κ2) is 3.72. The van der Waals surface area contributed by atoms with Gasteiger partial charge in [-0.2, -0.15) is 0 Å². The molecule has 86 valence electrons. The fourth-order valence-corrected chi connectivity index (χ4v) is 3.85. The molecule has 0 amide bonds. The van der Waals surface area contributed by atoms with E-state index in [4.69, 9.17) is 9.47 Å². The van der Waals surface area contributed by atoms with Crippen LogP contribution in [0.2, 0.25) is 0 Å². The van der Waals surface area contributed by atoms with E-state index in [1.807, 2.05) is 7.11 Å². The van der Waals surface area contributed by atoms with Gasteiger partial charge in [0.05, 0.1) is 13.2 Å². The van der Waals surface area contributed by atoms with E-state index in [1.165, 1.54) is 25.7 Å². The molecule has 3 rings (SSSR count). The minimum absolute atomic E-state index is 0.111. The van der Waals surface area contributed by atoms with Gasteiger partial charge in [-0.1, -0.05) is 12.8 Å². The van der Waals surface area contributed by atoms with E-state index in [9.17, 15) is 0 Å². The van der Waals surface area contributed by atoms with Crippen molar-refractivity contribution in [1.29, 1.82) is 0 Å². The molecule has 3 fully saturated rings. The molecule has 3 nitrogen and oxygen atoms in total. The molecule has 0 N–H and O–H groups in total. The summed E-state index contributed by atoms with van der Waals surface area (Å²) in [5.41, 5.74) is 0.111. The van der Waals surface area contributed by atoms with Crippen LogP contribution in [0.15, 0.2) is 0 Å². The third kappa shape index (κ3) is 1.37. The molecule has 15 heavy (non-hydrogen) atoms. The molecular formula is C12H21NO2. The third-order valence-electron chi connectivity index (χ3n) is 4.55. The molecule has 3 atom stereocenters. The fraction of sp³-hybridized carbons (Fsp3) is 1.00. The van der Waals surface area contributed by atoms with Crippen LogP contribution in [-0.2, 0) is 9.47 Å². The number of fused-ring (bicyclic) bond motifs is 1. The molecule has 0 radical (unpaired) electrons. The van der Waals surface area contributed by atoms with Crippen LogP contribution in [0.4, 0.5) is 0 Å². The topological polar surface area (TPSA) is 21.7 Å². The van der Waals surface area contributed by atoms with Gasteiger partial charge in [-0.15, -0.1) is 0 Å². The highest BCUT2D eigenvalue weighted by Gasteiger charge is 2.68. The zero-order valence-corrected chi connectivity index (χ0v) is 9.58. The number of ether oxygens (including phenoxy) is 2. The Balaban J connectivity index is 1.75. The molecule has 1 saturated heterocycles. The molecule has 3 aliphatic rings. The van der Waals surface area contributed by atoms with Gasteiger partial charge in [-0.05, 0) is 12.8 Å². The maximum absolute atomic E-state index is 5.91. The van der Waals surface area contributed by atoms with Crippen molar-refractivity contribution < 1.29 is 9.47 Å². The summed E-state index contributed by atoms with van der Waals surface area (Å²) < 4.78 is 11.3. The first-order chi connectivity index (χ1) is 7.39. The van der Waals surface area contributed by atoms with E-state index in [0.29, 0.717) is 0 Å². The van der Waals surface area contributed by atoms with Gasteiger partial charge < -0.3 is 9.47 Å². The molecule has 0 spiro atoms. The quantitative estimate of drug-likeness (QED) is 0.690. The average Bonchev–Trinajstić information content (AvgIpc) is 3.00. The number of methoxy groups -OCH3 is 1. The highest BCUT2D eigenvalue weighted by Crippen LogP contribution is 2.62. The Kier molecular flexibility index (Phi) is 2.49. The minimum Gasteiger partial charge on any atom is -0.379 e. The number of rotatable bonds is 2. The lowest BCUT2D eigenvalue weighted by Gasteiger charge is -2.35. The van der Waals surface area contributed by atoms with Crippen molar-refractivity contribution in [3.8, 4) is 0 Å². The van der Waals surface area contributed by atoms with Crippen LogP contribution in [0, 0.1) is 11.8 Å². The molecule has 1 heterocycles. The maximum atomic E-state index is 5.91. The van der Waals surface area contributed by atoms with E-state index in [-0.39, 0.29) is 5.72 Å². The summed E-state index contributed by atoms with van der Waals surface area (Å²) in [6.07, 6.45) is 5.54. The predicted molar refractivity (Wildman–Crippen MR) is 57.6 cm³/mol. The molecule has 0 aromatic carbocycles. The van der Waals surface area contributed by atoms with Gasteiger partial charge >= 0.3 is 0 Å². The lowest BCUT2D eigenvalue weighted by Crippen LogP contribution is -2.48. The van der Waals surface area contributed by atoms with E-state index >= 15 is 0 Å². The van der Waals surface area contributed by atoms with Crippen molar-refractivity contribution in [2.24, 2.45) is 11.8 Å². The van der Waals surface area contributed by atoms with Gasteiger partial charge in [0.15, 0.2) is 0 Å². The largest absolute Gasteiger partial charge is 0.379 e. The Hall–Kier alpha value is -0.120. The monoisotopic (exact) mass is 211 g/mol. The lowest BCUT2D eigenvalue weighted by atomic mass is 10.0.